The summed E-state index contributed by atoms with van der Waals surface area (Å²) in [5, 5.41) is 0. The van der Waals surface area contributed by atoms with Crippen molar-refractivity contribution >= 4 is 17.3 Å². The van der Waals surface area contributed by atoms with Gasteiger partial charge in [-0.3, -0.25) is 15.8 Å². The lowest BCUT2D eigenvalue weighted by Crippen LogP contribution is -2.33. The molecule has 0 unspecified atom stereocenters. The Labute approximate surface area is 92.3 Å². The Morgan fingerprint density at radius 2 is 1.94 bits per heavy atom. The molecule has 78 valence electrons. The van der Waals surface area contributed by atoms with E-state index in [1.54, 1.807) is 18.6 Å². The maximum atomic E-state index is 4.46. The zero-order chi connectivity index (χ0) is 10.8. The molecule has 3 rings (SSSR count). The molecule has 1 aliphatic rings. The van der Waals surface area contributed by atoms with E-state index in [9.17, 15) is 0 Å². The summed E-state index contributed by atoms with van der Waals surface area (Å²) in [5.41, 5.74) is 7.73. The Hall–Kier alpha value is -2.43. The van der Waals surface area contributed by atoms with E-state index in [0.717, 1.165) is 22.9 Å². The molecule has 5 nitrogen and oxygen atoms in total. The van der Waals surface area contributed by atoms with Crippen molar-refractivity contribution in [1.29, 1.82) is 0 Å². The molecule has 1 aliphatic heterocycles. The Balaban J connectivity index is 2.04. The van der Waals surface area contributed by atoms with Crippen molar-refractivity contribution in [2.45, 2.75) is 0 Å². The molecule has 2 N–H and O–H groups in total. The molecule has 0 aliphatic carbocycles. The van der Waals surface area contributed by atoms with E-state index in [0.29, 0.717) is 0 Å². The predicted octanol–water partition coefficient (Wildman–Crippen LogP) is 1.48. The van der Waals surface area contributed by atoms with Crippen molar-refractivity contribution in [2.75, 3.05) is 5.43 Å². The first-order chi connectivity index (χ1) is 7.93. The Morgan fingerprint density at radius 3 is 2.81 bits per heavy atom. The van der Waals surface area contributed by atoms with E-state index in [4.69, 9.17) is 0 Å². The van der Waals surface area contributed by atoms with Gasteiger partial charge in [-0.1, -0.05) is 0 Å². The van der Waals surface area contributed by atoms with Crippen LogP contribution in [0.3, 0.4) is 0 Å². The first-order valence-corrected chi connectivity index (χ1v) is 4.89. The van der Waals surface area contributed by atoms with Gasteiger partial charge in [-0.2, -0.15) is 0 Å². The number of aromatic nitrogens is 2. The molecule has 0 saturated heterocycles. The standard InChI is InChI=1S/C11H9N5/c1-3-8(7-12-5-1)10-14-9-4-2-6-13-11(9)16-15-10/h1-7H,(H,13,16)(H,14,15). The number of hydrogen-bond acceptors (Lipinski definition) is 5. The van der Waals surface area contributed by atoms with E-state index in [1.807, 2.05) is 24.3 Å². The smallest absolute Gasteiger partial charge is 0.170 e. The third-order valence-electron chi connectivity index (χ3n) is 2.25. The number of rotatable bonds is 1. The third kappa shape index (κ3) is 1.48. The number of fused-ring (bicyclic) bond motifs is 1. The molecule has 2 aromatic rings. The van der Waals surface area contributed by atoms with Gasteiger partial charge in [-0.25, -0.2) is 9.98 Å². The molecule has 0 atom stereocenters. The van der Waals surface area contributed by atoms with Crippen molar-refractivity contribution < 1.29 is 0 Å². The van der Waals surface area contributed by atoms with Crippen LogP contribution in [0.25, 0.3) is 0 Å². The zero-order valence-corrected chi connectivity index (χ0v) is 8.38. The number of hydrazine groups is 1. The van der Waals surface area contributed by atoms with Crippen molar-refractivity contribution in [2.24, 2.45) is 4.99 Å². The lowest BCUT2D eigenvalue weighted by atomic mass is 10.2. The van der Waals surface area contributed by atoms with Crippen LogP contribution in [-0.4, -0.2) is 15.8 Å². The summed E-state index contributed by atoms with van der Waals surface area (Å²) in [4.78, 5) is 12.7. The molecular formula is C11H9N5. The van der Waals surface area contributed by atoms with Crippen molar-refractivity contribution in [3.8, 4) is 0 Å². The molecule has 16 heavy (non-hydrogen) atoms. The summed E-state index contributed by atoms with van der Waals surface area (Å²) in [6, 6.07) is 7.59. The first kappa shape index (κ1) is 8.84. The molecular weight excluding hydrogens is 202 g/mol. The van der Waals surface area contributed by atoms with Crippen LogP contribution in [0.1, 0.15) is 5.56 Å². The first-order valence-electron chi connectivity index (χ1n) is 4.89. The number of pyridine rings is 2. The largest absolute Gasteiger partial charge is 0.282 e. The SMILES string of the molecule is c1cncc(C2=Nc3cccnc3NN2)c1. The molecule has 0 aromatic carbocycles. The summed E-state index contributed by atoms with van der Waals surface area (Å²) in [5.74, 6) is 1.48. The van der Waals surface area contributed by atoms with E-state index in [-0.39, 0.29) is 0 Å². The van der Waals surface area contributed by atoms with Crippen LogP contribution in [0.4, 0.5) is 11.5 Å². The van der Waals surface area contributed by atoms with Gasteiger partial charge in [0.1, 0.15) is 5.69 Å². The molecule has 0 bridgehead atoms. The highest BCUT2D eigenvalue weighted by atomic mass is 15.4. The van der Waals surface area contributed by atoms with Gasteiger partial charge in [-0.15, -0.1) is 0 Å². The number of hydrogen-bond donors (Lipinski definition) is 2. The van der Waals surface area contributed by atoms with Crippen LogP contribution in [0.5, 0.6) is 0 Å². The zero-order valence-electron chi connectivity index (χ0n) is 8.38. The van der Waals surface area contributed by atoms with Crippen LogP contribution in [0, 0.1) is 0 Å². The predicted molar refractivity (Wildman–Crippen MR) is 61.4 cm³/mol. The van der Waals surface area contributed by atoms with Crippen LogP contribution in [0.15, 0.2) is 47.8 Å². The van der Waals surface area contributed by atoms with Crippen LogP contribution < -0.4 is 10.9 Å². The highest BCUT2D eigenvalue weighted by molar-refractivity contribution is 6.02. The Kier molecular flexibility index (Phi) is 2.00. The average molecular weight is 211 g/mol. The summed E-state index contributed by atoms with van der Waals surface area (Å²) in [6.07, 6.45) is 5.21. The van der Waals surface area contributed by atoms with Gasteiger partial charge in [0.2, 0.25) is 0 Å². The lowest BCUT2D eigenvalue weighted by Gasteiger charge is -2.17. The quantitative estimate of drug-likeness (QED) is 0.750. The van der Waals surface area contributed by atoms with Gasteiger partial charge in [0.05, 0.1) is 0 Å². The molecule has 0 spiro atoms. The van der Waals surface area contributed by atoms with E-state index in [2.05, 4.69) is 25.8 Å². The monoisotopic (exact) mass is 211 g/mol. The van der Waals surface area contributed by atoms with Crippen LogP contribution in [-0.2, 0) is 0 Å². The van der Waals surface area contributed by atoms with Gasteiger partial charge in [0.15, 0.2) is 11.7 Å². The average Bonchev–Trinajstić information content (AvgIpc) is 2.39. The number of nitrogens with zero attached hydrogens (tertiary/aromatic N) is 3. The fourth-order valence-corrected chi connectivity index (χ4v) is 1.49. The molecule has 2 aromatic heterocycles. The summed E-state index contributed by atoms with van der Waals surface area (Å²) >= 11 is 0. The second-order valence-corrected chi connectivity index (χ2v) is 3.32. The number of aliphatic imine (C=N–C) groups is 1. The fourth-order valence-electron chi connectivity index (χ4n) is 1.49. The maximum absolute atomic E-state index is 4.46. The summed E-state index contributed by atoms with van der Waals surface area (Å²) in [7, 11) is 0. The minimum absolute atomic E-state index is 0.732. The minimum atomic E-state index is 0.732. The van der Waals surface area contributed by atoms with Crippen LogP contribution >= 0.6 is 0 Å². The van der Waals surface area contributed by atoms with Gasteiger partial charge >= 0.3 is 0 Å². The van der Waals surface area contributed by atoms with Crippen molar-refractivity contribution in [1.82, 2.24) is 15.4 Å². The number of anilines is 1. The lowest BCUT2D eigenvalue weighted by molar-refractivity contribution is 1.04. The Bertz CT molecular complexity index is 535. The van der Waals surface area contributed by atoms with Crippen molar-refractivity contribution in [3.05, 3.63) is 48.4 Å². The van der Waals surface area contributed by atoms with E-state index in [1.165, 1.54) is 0 Å². The minimum Gasteiger partial charge on any atom is -0.282 e. The highest BCUT2D eigenvalue weighted by Gasteiger charge is 2.12. The molecule has 0 fully saturated rings. The fraction of sp³-hybridized carbons (Fsp3) is 0. The maximum Gasteiger partial charge on any atom is 0.170 e. The van der Waals surface area contributed by atoms with Gasteiger partial charge in [0, 0.05) is 24.2 Å². The second-order valence-electron chi connectivity index (χ2n) is 3.32. The number of amidine groups is 1. The third-order valence-corrected chi connectivity index (χ3v) is 2.25. The van der Waals surface area contributed by atoms with E-state index >= 15 is 0 Å². The van der Waals surface area contributed by atoms with Gasteiger partial charge in [0.25, 0.3) is 0 Å². The summed E-state index contributed by atoms with van der Waals surface area (Å²) in [6.45, 7) is 0. The van der Waals surface area contributed by atoms with Gasteiger partial charge < -0.3 is 0 Å². The molecule has 0 radical (unpaired) electrons. The highest BCUT2D eigenvalue weighted by Crippen LogP contribution is 2.24. The molecule has 3 heterocycles. The normalized spacial score (nSPS) is 13.1. The summed E-state index contributed by atoms with van der Waals surface area (Å²) < 4.78 is 0. The van der Waals surface area contributed by atoms with Crippen LogP contribution in [0.2, 0.25) is 0 Å². The van der Waals surface area contributed by atoms with E-state index < -0.39 is 0 Å². The Morgan fingerprint density at radius 1 is 1.00 bits per heavy atom. The topological polar surface area (TPSA) is 62.2 Å². The number of nitrogens with one attached hydrogen (secondary N) is 2. The molecule has 0 amide bonds. The van der Waals surface area contributed by atoms with Gasteiger partial charge in [-0.05, 0) is 24.3 Å². The van der Waals surface area contributed by atoms with Crippen molar-refractivity contribution in [3.63, 3.8) is 0 Å². The molecule has 0 saturated carbocycles. The second kappa shape index (κ2) is 3.62. The molecule has 5 heteroatoms.